The minimum atomic E-state index is -0.445. The quantitative estimate of drug-likeness (QED) is 0.720. The lowest BCUT2D eigenvalue weighted by atomic mass is 10.1. The van der Waals surface area contributed by atoms with Crippen LogP contribution in [0.5, 0.6) is 5.75 Å². The molecule has 0 bridgehead atoms. The third-order valence-corrected chi connectivity index (χ3v) is 4.70. The molecule has 138 valence electrons. The van der Waals surface area contributed by atoms with Gasteiger partial charge in [-0.15, -0.1) is 0 Å². The minimum Gasteiger partial charge on any atom is -0.495 e. The van der Waals surface area contributed by atoms with Crippen LogP contribution in [0.4, 0.5) is 5.69 Å². The lowest BCUT2D eigenvalue weighted by molar-refractivity contribution is 0.415. The standard InChI is InChI=1S/C19H17ClN4O3/c1-10(22-15-5-4-12(9-21)24(2)19(15)26)13-6-11-7-14(20)17(27-3)8-16(11)23-18(13)25/h4-8,10,22H,1-3H3,(H,23,25). The molecule has 0 saturated carbocycles. The summed E-state index contributed by atoms with van der Waals surface area (Å²) in [7, 11) is 3.03. The SMILES string of the molecule is COc1cc2[nH]c(=O)c(C(C)Nc3ccc(C#N)n(C)c3=O)cc2cc1Cl. The van der Waals surface area contributed by atoms with Crippen molar-refractivity contribution in [3.05, 3.63) is 67.3 Å². The van der Waals surface area contributed by atoms with Crippen molar-refractivity contribution < 1.29 is 4.74 Å². The van der Waals surface area contributed by atoms with Crippen LogP contribution in [0.1, 0.15) is 24.2 Å². The number of rotatable bonds is 4. The van der Waals surface area contributed by atoms with Crippen LogP contribution >= 0.6 is 11.6 Å². The van der Waals surface area contributed by atoms with E-state index in [0.717, 1.165) is 5.39 Å². The van der Waals surface area contributed by atoms with E-state index in [-0.39, 0.29) is 16.8 Å². The highest BCUT2D eigenvalue weighted by Gasteiger charge is 2.15. The van der Waals surface area contributed by atoms with Crippen LogP contribution < -0.4 is 21.2 Å². The van der Waals surface area contributed by atoms with Crippen molar-refractivity contribution in [1.82, 2.24) is 9.55 Å². The summed E-state index contributed by atoms with van der Waals surface area (Å²) in [6.07, 6.45) is 0. The van der Waals surface area contributed by atoms with Gasteiger partial charge in [-0.25, -0.2) is 0 Å². The van der Waals surface area contributed by atoms with Gasteiger partial charge >= 0.3 is 0 Å². The number of aromatic nitrogens is 2. The molecule has 0 aliphatic carbocycles. The maximum Gasteiger partial charge on any atom is 0.274 e. The molecule has 0 aliphatic heterocycles. The first-order valence-corrected chi connectivity index (χ1v) is 8.50. The smallest absolute Gasteiger partial charge is 0.274 e. The monoisotopic (exact) mass is 384 g/mol. The number of H-pyrrole nitrogens is 1. The Morgan fingerprint density at radius 3 is 2.70 bits per heavy atom. The predicted molar refractivity (Wildman–Crippen MR) is 105 cm³/mol. The Morgan fingerprint density at radius 2 is 2.04 bits per heavy atom. The second-order valence-corrected chi connectivity index (χ2v) is 6.51. The van der Waals surface area contributed by atoms with Crippen LogP contribution in [0.15, 0.2) is 39.9 Å². The summed E-state index contributed by atoms with van der Waals surface area (Å²) in [6.45, 7) is 1.78. The van der Waals surface area contributed by atoms with E-state index in [1.54, 1.807) is 31.2 Å². The number of anilines is 1. The summed E-state index contributed by atoms with van der Waals surface area (Å²) in [5.74, 6) is 0.472. The average molecular weight is 385 g/mol. The first kappa shape index (κ1) is 18.5. The summed E-state index contributed by atoms with van der Waals surface area (Å²) in [4.78, 5) is 27.7. The molecule has 0 amide bonds. The molecule has 8 heteroatoms. The van der Waals surface area contributed by atoms with E-state index in [2.05, 4.69) is 10.3 Å². The number of halogens is 1. The summed E-state index contributed by atoms with van der Waals surface area (Å²) in [6, 6.07) is 9.69. The van der Waals surface area contributed by atoms with E-state index in [1.807, 2.05) is 6.07 Å². The Hall–Kier alpha value is -3.24. The van der Waals surface area contributed by atoms with Gasteiger partial charge in [0.1, 0.15) is 23.2 Å². The molecule has 3 rings (SSSR count). The number of pyridine rings is 2. The summed E-state index contributed by atoms with van der Waals surface area (Å²) >= 11 is 6.17. The van der Waals surface area contributed by atoms with Crippen molar-refractivity contribution in [3.8, 4) is 11.8 Å². The summed E-state index contributed by atoms with van der Waals surface area (Å²) in [5, 5.41) is 13.2. The number of methoxy groups -OCH3 is 1. The number of aromatic amines is 1. The number of fused-ring (bicyclic) bond motifs is 1. The average Bonchev–Trinajstić information content (AvgIpc) is 2.65. The number of hydrogen-bond donors (Lipinski definition) is 2. The molecular weight excluding hydrogens is 368 g/mol. The van der Waals surface area contributed by atoms with E-state index in [4.69, 9.17) is 21.6 Å². The Morgan fingerprint density at radius 1 is 1.30 bits per heavy atom. The second kappa shape index (κ2) is 7.17. The highest BCUT2D eigenvalue weighted by atomic mass is 35.5. The van der Waals surface area contributed by atoms with E-state index in [0.29, 0.717) is 27.5 Å². The van der Waals surface area contributed by atoms with Crippen LogP contribution in [0.2, 0.25) is 5.02 Å². The molecule has 2 heterocycles. The van der Waals surface area contributed by atoms with Crippen molar-refractivity contribution in [2.24, 2.45) is 7.05 Å². The highest BCUT2D eigenvalue weighted by molar-refractivity contribution is 6.32. The van der Waals surface area contributed by atoms with Crippen molar-refractivity contribution in [2.75, 3.05) is 12.4 Å². The lowest BCUT2D eigenvalue weighted by Gasteiger charge is -2.16. The summed E-state index contributed by atoms with van der Waals surface area (Å²) < 4.78 is 6.42. The fraction of sp³-hybridized carbons (Fsp3) is 0.211. The van der Waals surface area contributed by atoms with Crippen LogP contribution in [0.25, 0.3) is 10.9 Å². The molecular formula is C19H17ClN4O3. The van der Waals surface area contributed by atoms with Gasteiger partial charge in [-0.1, -0.05) is 11.6 Å². The van der Waals surface area contributed by atoms with Gasteiger partial charge in [0.15, 0.2) is 0 Å². The van der Waals surface area contributed by atoms with Gasteiger partial charge in [0.25, 0.3) is 11.1 Å². The number of nitrogens with zero attached hydrogens (tertiary/aromatic N) is 2. The normalized spacial score (nSPS) is 11.8. The molecule has 0 saturated heterocycles. The van der Waals surface area contributed by atoms with E-state index in [1.165, 1.54) is 24.8 Å². The molecule has 0 radical (unpaired) electrons. The van der Waals surface area contributed by atoms with Gasteiger partial charge in [-0.3, -0.25) is 9.59 Å². The number of hydrogen-bond acceptors (Lipinski definition) is 5. The number of nitriles is 1. The van der Waals surface area contributed by atoms with Gasteiger partial charge in [0.05, 0.1) is 23.7 Å². The maximum atomic E-state index is 12.5. The van der Waals surface area contributed by atoms with Gasteiger partial charge in [-0.05, 0) is 31.2 Å². The zero-order valence-corrected chi connectivity index (χ0v) is 15.7. The van der Waals surface area contributed by atoms with E-state index >= 15 is 0 Å². The van der Waals surface area contributed by atoms with Crippen LogP contribution in [0, 0.1) is 11.3 Å². The molecule has 7 nitrogen and oxygen atoms in total. The van der Waals surface area contributed by atoms with Gasteiger partial charge in [0.2, 0.25) is 0 Å². The molecule has 0 spiro atoms. The minimum absolute atomic E-state index is 0.255. The van der Waals surface area contributed by atoms with Crippen molar-refractivity contribution in [1.29, 1.82) is 5.26 Å². The van der Waals surface area contributed by atoms with Crippen molar-refractivity contribution in [3.63, 3.8) is 0 Å². The van der Waals surface area contributed by atoms with Gasteiger partial charge < -0.3 is 19.6 Å². The first-order chi connectivity index (χ1) is 12.8. The zero-order valence-electron chi connectivity index (χ0n) is 15.0. The molecule has 27 heavy (non-hydrogen) atoms. The van der Waals surface area contributed by atoms with Crippen LogP contribution in [-0.2, 0) is 7.05 Å². The lowest BCUT2D eigenvalue weighted by Crippen LogP contribution is -2.26. The molecule has 1 unspecified atom stereocenters. The Kier molecular flexibility index (Phi) is 4.93. The topological polar surface area (TPSA) is 99.9 Å². The molecule has 0 aliphatic rings. The summed E-state index contributed by atoms with van der Waals surface area (Å²) in [5.41, 5.74) is 0.992. The van der Waals surface area contributed by atoms with Crippen molar-refractivity contribution in [2.45, 2.75) is 13.0 Å². The number of ether oxygens (including phenoxy) is 1. The second-order valence-electron chi connectivity index (χ2n) is 6.10. The molecule has 3 aromatic rings. The molecule has 1 aromatic carbocycles. The molecule has 0 fully saturated rings. The maximum absolute atomic E-state index is 12.5. The molecule has 2 aromatic heterocycles. The third kappa shape index (κ3) is 3.39. The van der Waals surface area contributed by atoms with Gasteiger partial charge in [0, 0.05) is 24.1 Å². The van der Waals surface area contributed by atoms with Crippen LogP contribution in [-0.4, -0.2) is 16.7 Å². The Balaban J connectivity index is 2.01. The number of nitrogens with one attached hydrogen (secondary N) is 2. The molecule has 1 atom stereocenters. The zero-order chi connectivity index (χ0) is 19.7. The third-order valence-electron chi connectivity index (χ3n) is 4.40. The van der Waals surface area contributed by atoms with Gasteiger partial charge in [-0.2, -0.15) is 5.26 Å². The van der Waals surface area contributed by atoms with Crippen LogP contribution in [0.3, 0.4) is 0 Å². The van der Waals surface area contributed by atoms with E-state index in [9.17, 15) is 9.59 Å². The fourth-order valence-corrected chi connectivity index (χ4v) is 3.12. The largest absolute Gasteiger partial charge is 0.495 e. The highest BCUT2D eigenvalue weighted by Crippen LogP contribution is 2.29. The Labute approximate surface area is 159 Å². The predicted octanol–water partition coefficient (Wildman–Crippen LogP) is 2.93. The Bertz CT molecular complexity index is 1190. The molecule has 2 N–H and O–H groups in total. The van der Waals surface area contributed by atoms with Crippen molar-refractivity contribution >= 4 is 28.2 Å². The fourth-order valence-electron chi connectivity index (χ4n) is 2.87. The van der Waals surface area contributed by atoms with E-state index < -0.39 is 6.04 Å². The number of benzene rings is 1. The first-order valence-electron chi connectivity index (χ1n) is 8.13.